The molecule has 0 spiro atoms. The Hall–Kier alpha value is -1.80. The van der Waals surface area contributed by atoms with Gasteiger partial charge in [0.2, 0.25) is 10.0 Å². The van der Waals surface area contributed by atoms with Crippen LogP contribution in [0.15, 0.2) is 23.1 Å². The molecule has 1 aliphatic heterocycles. The first-order valence-corrected chi connectivity index (χ1v) is 8.92. The number of hydrogen-bond acceptors (Lipinski definition) is 5. The highest BCUT2D eigenvalue weighted by molar-refractivity contribution is 7.89. The van der Waals surface area contributed by atoms with Gasteiger partial charge in [-0.15, -0.1) is 0 Å². The third-order valence-electron chi connectivity index (χ3n) is 3.33. The van der Waals surface area contributed by atoms with E-state index in [9.17, 15) is 18.3 Å². The third-order valence-corrected chi connectivity index (χ3v) is 4.80. The summed E-state index contributed by atoms with van der Waals surface area (Å²) in [6.07, 6.45) is 0.920. The van der Waals surface area contributed by atoms with E-state index in [2.05, 4.69) is 4.72 Å². The molecule has 0 aliphatic carbocycles. The van der Waals surface area contributed by atoms with Gasteiger partial charge in [0, 0.05) is 12.5 Å². The van der Waals surface area contributed by atoms with Gasteiger partial charge in [-0.3, -0.25) is 4.79 Å². The minimum atomic E-state index is -3.96. The lowest BCUT2D eigenvalue weighted by molar-refractivity contribution is -0.139. The standard InChI is InChI=1S/C15H21NO6S/c1-10(2)8-12(15(17)18)16-23(19,20)11-4-5-13-14(9-11)22-7-3-6-21-13/h4-5,9-10,12,16H,3,6-8H2,1-2H3,(H,17,18)/t12-/m0/s1. The second-order valence-corrected chi connectivity index (χ2v) is 7.51. The quantitative estimate of drug-likeness (QED) is 0.814. The van der Waals surface area contributed by atoms with Gasteiger partial charge in [-0.05, 0) is 24.5 Å². The Balaban J connectivity index is 2.25. The summed E-state index contributed by atoms with van der Waals surface area (Å²) >= 11 is 0. The van der Waals surface area contributed by atoms with Crippen LogP contribution in [-0.2, 0) is 14.8 Å². The summed E-state index contributed by atoms with van der Waals surface area (Å²) in [5.74, 6) is -0.321. The maximum atomic E-state index is 12.4. The highest BCUT2D eigenvalue weighted by atomic mass is 32.2. The number of ether oxygens (including phenoxy) is 2. The van der Waals surface area contributed by atoms with Crippen LogP contribution in [0.4, 0.5) is 0 Å². The molecule has 0 saturated heterocycles. The largest absolute Gasteiger partial charge is 0.490 e. The zero-order valence-corrected chi connectivity index (χ0v) is 13.9. The van der Waals surface area contributed by atoms with Crippen molar-refractivity contribution in [2.24, 2.45) is 5.92 Å². The van der Waals surface area contributed by atoms with E-state index in [1.165, 1.54) is 18.2 Å². The molecule has 23 heavy (non-hydrogen) atoms. The number of sulfonamides is 1. The van der Waals surface area contributed by atoms with Crippen LogP contribution < -0.4 is 14.2 Å². The van der Waals surface area contributed by atoms with Crippen LogP contribution in [0.1, 0.15) is 26.7 Å². The van der Waals surface area contributed by atoms with E-state index < -0.39 is 22.0 Å². The number of fused-ring (bicyclic) bond motifs is 1. The summed E-state index contributed by atoms with van der Waals surface area (Å²) in [6.45, 7) is 4.61. The first-order chi connectivity index (χ1) is 10.8. The van der Waals surface area contributed by atoms with Gasteiger partial charge in [-0.25, -0.2) is 8.42 Å². The molecule has 1 atom stereocenters. The first-order valence-electron chi connectivity index (χ1n) is 7.44. The fourth-order valence-electron chi connectivity index (χ4n) is 2.24. The molecule has 0 aromatic heterocycles. The number of rotatable bonds is 6. The van der Waals surface area contributed by atoms with E-state index >= 15 is 0 Å². The Bertz CT molecular complexity index is 671. The Kier molecular flexibility index (Phi) is 5.48. The van der Waals surface area contributed by atoms with Crippen LogP contribution in [0, 0.1) is 5.92 Å². The van der Waals surface area contributed by atoms with Crippen LogP contribution in [0.25, 0.3) is 0 Å². The summed E-state index contributed by atoms with van der Waals surface area (Å²) in [7, 11) is -3.96. The fourth-order valence-corrected chi connectivity index (χ4v) is 3.45. The molecule has 0 amide bonds. The molecular formula is C15H21NO6S. The van der Waals surface area contributed by atoms with Gasteiger partial charge in [-0.2, -0.15) is 4.72 Å². The molecule has 0 saturated carbocycles. The average Bonchev–Trinajstić information content (AvgIpc) is 2.70. The lowest BCUT2D eigenvalue weighted by atomic mass is 10.1. The third kappa shape index (κ3) is 4.59. The number of nitrogens with one attached hydrogen (secondary N) is 1. The highest BCUT2D eigenvalue weighted by Gasteiger charge is 2.27. The van der Waals surface area contributed by atoms with Crippen LogP contribution in [-0.4, -0.2) is 38.7 Å². The van der Waals surface area contributed by atoms with Crippen LogP contribution in [0.2, 0.25) is 0 Å². The number of carbonyl (C=O) groups is 1. The van der Waals surface area contributed by atoms with Gasteiger partial charge in [0.25, 0.3) is 0 Å². The van der Waals surface area contributed by atoms with Gasteiger partial charge in [0.1, 0.15) is 6.04 Å². The van der Waals surface area contributed by atoms with Crippen molar-refractivity contribution in [1.82, 2.24) is 4.72 Å². The van der Waals surface area contributed by atoms with Crippen molar-refractivity contribution < 1.29 is 27.8 Å². The van der Waals surface area contributed by atoms with Crippen molar-refractivity contribution >= 4 is 16.0 Å². The minimum absolute atomic E-state index is 0.0441. The van der Waals surface area contributed by atoms with Gasteiger partial charge in [0.15, 0.2) is 11.5 Å². The number of aliphatic carboxylic acids is 1. The van der Waals surface area contributed by atoms with E-state index in [4.69, 9.17) is 9.47 Å². The van der Waals surface area contributed by atoms with Crippen molar-refractivity contribution in [1.29, 1.82) is 0 Å². The van der Waals surface area contributed by atoms with Crippen molar-refractivity contribution in [3.8, 4) is 11.5 Å². The molecule has 0 unspecified atom stereocenters. The molecule has 7 nitrogen and oxygen atoms in total. The molecule has 1 aromatic carbocycles. The number of carboxylic acid groups (broad SMARTS) is 1. The monoisotopic (exact) mass is 343 g/mol. The zero-order valence-electron chi connectivity index (χ0n) is 13.1. The second kappa shape index (κ2) is 7.18. The summed E-state index contributed by atoms with van der Waals surface area (Å²) in [6, 6.07) is 3.09. The van der Waals surface area contributed by atoms with Crippen LogP contribution in [0.3, 0.4) is 0 Å². The molecule has 2 rings (SSSR count). The first kappa shape index (κ1) is 17.6. The number of carboxylic acids is 1. The summed E-state index contributed by atoms with van der Waals surface area (Å²) in [5, 5.41) is 9.19. The molecule has 1 aliphatic rings. The predicted molar refractivity (Wildman–Crippen MR) is 83.2 cm³/mol. The molecule has 1 aromatic rings. The lowest BCUT2D eigenvalue weighted by Crippen LogP contribution is -2.41. The van der Waals surface area contributed by atoms with E-state index in [1.54, 1.807) is 0 Å². The van der Waals surface area contributed by atoms with Gasteiger partial charge < -0.3 is 14.6 Å². The summed E-state index contributed by atoms with van der Waals surface area (Å²) in [5.41, 5.74) is 0. The van der Waals surface area contributed by atoms with E-state index in [-0.39, 0.29) is 17.2 Å². The normalized spacial score (nSPS) is 16.0. The molecule has 8 heteroatoms. The Morgan fingerprint density at radius 3 is 2.52 bits per heavy atom. The molecular weight excluding hydrogens is 322 g/mol. The molecule has 1 heterocycles. The number of benzene rings is 1. The molecule has 2 N–H and O–H groups in total. The molecule has 128 valence electrons. The summed E-state index contributed by atoms with van der Waals surface area (Å²) in [4.78, 5) is 11.2. The SMILES string of the molecule is CC(C)C[C@H](NS(=O)(=O)c1ccc2c(c1)OCCCO2)C(=O)O. The predicted octanol–water partition coefficient (Wildman–Crippen LogP) is 1.63. The van der Waals surface area contributed by atoms with Gasteiger partial charge >= 0.3 is 5.97 Å². The molecule has 0 bridgehead atoms. The van der Waals surface area contributed by atoms with Gasteiger partial charge in [-0.1, -0.05) is 13.8 Å². The minimum Gasteiger partial charge on any atom is -0.490 e. The molecule has 0 radical (unpaired) electrons. The van der Waals surface area contributed by atoms with Gasteiger partial charge in [0.05, 0.1) is 18.1 Å². The molecule has 0 fully saturated rings. The van der Waals surface area contributed by atoms with Crippen molar-refractivity contribution in [2.75, 3.05) is 13.2 Å². The van der Waals surface area contributed by atoms with Crippen LogP contribution in [0.5, 0.6) is 11.5 Å². The van der Waals surface area contributed by atoms with Crippen molar-refractivity contribution in [2.45, 2.75) is 37.6 Å². The highest BCUT2D eigenvalue weighted by Crippen LogP contribution is 2.32. The van der Waals surface area contributed by atoms with E-state index in [1.807, 2.05) is 13.8 Å². The van der Waals surface area contributed by atoms with Crippen molar-refractivity contribution in [3.05, 3.63) is 18.2 Å². The Morgan fingerprint density at radius 1 is 1.26 bits per heavy atom. The maximum absolute atomic E-state index is 12.4. The summed E-state index contributed by atoms with van der Waals surface area (Å²) < 4.78 is 38.0. The maximum Gasteiger partial charge on any atom is 0.321 e. The van der Waals surface area contributed by atoms with Crippen LogP contribution >= 0.6 is 0 Å². The lowest BCUT2D eigenvalue weighted by Gasteiger charge is -2.17. The van der Waals surface area contributed by atoms with E-state index in [0.717, 1.165) is 0 Å². The zero-order chi connectivity index (χ0) is 17.0. The second-order valence-electron chi connectivity index (χ2n) is 5.80. The number of hydrogen-bond donors (Lipinski definition) is 2. The smallest absolute Gasteiger partial charge is 0.321 e. The Morgan fingerprint density at radius 2 is 1.91 bits per heavy atom. The topological polar surface area (TPSA) is 102 Å². The average molecular weight is 343 g/mol. The fraction of sp³-hybridized carbons (Fsp3) is 0.533. The van der Waals surface area contributed by atoms with Crippen molar-refractivity contribution in [3.63, 3.8) is 0 Å². The van der Waals surface area contributed by atoms with E-state index in [0.29, 0.717) is 31.1 Å². The Labute approximate surface area is 135 Å².